The number of carbonyl (C=O) groups excluding carboxylic acids is 1. The number of rotatable bonds is 7. The van der Waals surface area contributed by atoms with Gasteiger partial charge in [-0.1, -0.05) is 30.8 Å². The Hall–Kier alpha value is -2.02. The molecule has 0 spiro atoms. The van der Waals surface area contributed by atoms with E-state index < -0.39 is 0 Å². The summed E-state index contributed by atoms with van der Waals surface area (Å²) >= 11 is 1.37. The number of hydrogen-bond acceptors (Lipinski definition) is 5. The maximum absolute atomic E-state index is 12.1. The topological polar surface area (TPSA) is 69.0 Å². The molecule has 0 unspecified atom stereocenters. The molecular formula is C17H24N4O2S. The number of thioether (sulfide) groups is 1. The molecule has 6 nitrogen and oxygen atoms in total. The summed E-state index contributed by atoms with van der Waals surface area (Å²) in [5, 5.41) is 12.2. The van der Waals surface area contributed by atoms with E-state index in [-0.39, 0.29) is 11.4 Å². The van der Waals surface area contributed by atoms with Gasteiger partial charge in [-0.05, 0) is 32.4 Å². The van der Waals surface area contributed by atoms with Gasteiger partial charge in [-0.2, -0.15) is 0 Å². The first-order valence-corrected chi connectivity index (χ1v) is 8.83. The molecule has 1 aromatic heterocycles. The van der Waals surface area contributed by atoms with Crippen LogP contribution in [0.5, 0.6) is 5.75 Å². The second-order valence-electron chi connectivity index (χ2n) is 6.14. The Morgan fingerprint density at radius 3 is 2.71 bits per heavy atom. The lowest BCUT2D eigenvalue weighted by Gasteiger charge is -2.24. The van der Waals surface area contributed by atoms with Crippen LogP contribution < -0.4 is 10.1 Å². The summed E-state index contributed by atoms with van der Waals surface area (Å²) in [6, 6.07) is 7.67. The molecule has 0 radical (unpaired) electrons. The third kappa shape index (κ3) is 4.29. The fourth-order valence-corrected chi connectivity index (χ4v) is 2.85. The van der Waals surface area contributed by atoms with E-state index in [9.17, 15) is 4.79 Å². The van der Waals surface area contributed by atoms with Gasteiger partial charge in [0, 0.05) is 12.6 Å². The van der Waals surface area contributed by atoms with E-state index in [0.717, 1.165) is 17.7 Å². The normalized spacial score (nSPS) is 11.4. The second-order valence-corrected chi connectivity index (χ2v) is 7.08. The SMILES string of the molecule is CCC(C)(C)NC(=O)CSc1nnc(-c2ccccc2OC)n1C. The Labute approximate surface area is 147 Å². The third-order valence-electron chi connectivity index (χ3n) is 3.88. The maximum atomic E-state index is 12.1. The number of nitrogens with one attached hydrogen (secondary N) is 1. The van der Waals surface area contributed by atoms with Gasteiger partial charge >= 0.3 is 0 Å². The molecule has 1 amide bonds. The van der Waals surface area contributed by atoms with Crippen molar-refractivity contribution in [2.45, 2.75) is 37.9 Å². The number of carbonyl (C=O) groups is 1. The van der Waals surface area contributed by atoms with Gasteiger partial charge < -0.3 is 14.6 Å². The predicted octanol–water partition coefficient (Wildman–Crippen LogP) is 2.89. The van der Waals surface area contributed by atoms with Gasteiger partial charge in [0.25, 0.3) is 0 Å². The third-order valence-corrected chi connectivity index (χ3v) is 4.90. The van der Waals surface area contributed by atoms with E-state index in [0.29, 0.717) is 16.7 Å². The van der Waals surface area contributed by atoms with Gasteiger partial charge in [-0.15, -0.1) is 10.2 Å². The molecule has 1 aromatic carbocycles. The molecule has 0 atom stereocenters. The van der Waals surface area contributed by atoms with E-state index in [2.05, 4.69) is 22.4 Å². The number of hydrogen-bond donors (Lipinski definition) is 1. The van der Waals surface area contributed by atoms with Crippen molar-refractivity contribution in [1.82, 2.24) is 20.1 Å². The standard InChI is InChI=1S/C17H24N4O2S/c1-6-17(2,3)18-14(22)11-24-16-20-19-15(21(16)4)12-9-7-8-10-13(12)23-5/h7-10H,6,11H2,1-5H3,(H,18,22). The Bertz CT molecular complexity index is 712. The summed E-state index contributed by atoms with van der Waals surface area (Å²) in [7, 11) is 3.52. The molecule has 130 valence electrons. The van der Waals surface area contributed by atoms with Crippen molar-refractivity contribution in [1.29, 1.82) is 0 Å². The molecule has 2 aromatic rings. The van der Waals surface area contributed by atoms with Crippen LogP contribution in [-0.2, 0) is 11.8 Å². The molecule has 1 heterocycles. The van der Waals surface area contributed by atoms with E-state index in [1.165, 1.54) is 11.8 Å². The monoisotopic (exact) mass is 348 g/mol. The van der Waals surface area contributed by atoms with Crippen LogP contribution >= 0.6 is 11.8 Å². The molecule has 0 saturated carbocycles. The minimum Gasteiger partial charge on any atom is -0.496 e. The van der Waals surface area contributed by atoms with Crippen LogP contribution in [0.3, 0.4) is 0 Å². The second kappa shape index (κ2) is 7.70. The van der Waals surface area contributed by atoms with Gasteiger partial charge in [0.05, 0.1) is 18.4 Å². The summed E-state index contributed by atoms with van der Waals surface area (Å²) in [6.07, 6.45) is 0.880. The number of nitrogens with zero attached hydrogens (tertiary/aromatic N) is 3. The molecular weight excluding hydrogens is 324 g/mol. The van der Waals surface area contributed by atoms with Crippen LogP contribution in [-0.4, -0.2) is 39.1 Å². The summed E-state index contributed by atoms with van der Waals surface area (Å²) in [4.78, 5) is 12.1. The number of ether oxygens (including phenoxy) is 1. The van der Waals surface area contributed by atoms with E-state index in [1.54, 1.807) is 7.11 Å². The van der Waals surface area contributed by atoms with E-state index in [1.807, 2.05) is 49.7 Å². The van der Waals surface area contributed by atoms with Crippen LogP contribution in [0, 0.1) is 0 Å². The molecule has 0 aliphatic carbocycles. The molecule has 24 heavy (non-hydrogen) atoms. The summed E-state index contributed by atoms with van der Waals surface area (Å²) in [5.41, 5.74) is 0.679. The molecule has 0 aliphatic heterocycles. The highest BCUT2D eigenvalue weighted by Crippen LogP contribution is 2.29. The largest absolute Gasteiger partial charge is 0.496 e. The Morgan fingerprint density at radius 2 is 2.04 bits per heavy atom. The Kier molecular flexibility index (Phi) is 5.88. The van der Waals surface area contributed by atoms with Gasteiger partial charge in [0.15, 0.2) is 11.0 Å². The first kappa shape index (κ1) is 18.3. The zero-order valence-electron chi connectivity index (χ0n) is 14.8. The highest BCUT2D eigenvalue weighted by atomic mass is 32.2. The van der Waals surface area contributed by atoms with Gasteiger partial charge in [-0.3, -0.25) is 4.79 Å². The van der Waals surface area contributed by atoms with Gasteiger partial charge in [0.2, 0.25) is 5.91 Å². The summed E-state index contributed by atoms with van der Waals surface area (Å²) in [6.45, 7) is 6.07. The molecule has 2 rings (SSSR count). The number of amides is 1. The van der Waals surface area contributed by atoms with Crippen molar-refractivity contribution in [3.63, 3.8) is 0 Å². The van der Waals surface area contributed by atoms with Crippen molar-refractivity contribution >= 4 is 17.7 Å². The average molecular weight is 348 g/mol. The maximum Gasteiger partial charge on any atom is 0.230 e. The van der Waals surface area contributed by atoms with Crippen molar-refractivity contribution in [3.8, 4) is 17.1 Å². The first-order chi connectivity index (χ1) is 11.4. The highest BCUT2D eigenvalue weighted by molar-refractivity contribution is 7.99. The van der Waals surface area contributed by atoms with E-state index >= 15 is 0 Å². The van der Waals surface area contributed by atoms with Crippen molar-refractivity contribution in [2.75, 3.05) is 12.9 Å². The fourth-order valence-electron chi connectivity index (χ4n) is 2.14. The minimum absolute atomic E-state index is 0.00584. The number of methoxy groups -OCH3 is 1. The first-order valence-electron chi connectivity index (χ1n) is 7.84. The van der Waals surface area contributed by atoms with Crippen LogP contribution in [0.2, 0.25) is 0 Å². The lowest BCUT2D eigenvalue weighted by Crippen LogP contribution is -2.43. The van der Waals surface area contributed by atoms with Crippen molar-refractivity contribution in [2.24, 2.45) is 7.05 Å². The zero-order valence-corrected chi connectivity index (χ0v) is 15.6. The lowest BCUT2D eigenvalue weighted by molar-refractivity contribution is -0.120. The lowest BCUT2D eigenvalue weighted by atomic mass is 10.0. The highest BCUT2D eigenvalue weighted by Gasteiger charge is 2.19. The van der Waals surface area contributed by atoms with E-state index in [4.69, 9.17) is 4.74 Å². The van der Waals surface area contributed by atoms with Crippen LogP contribution in [0.25, 0.3) is 11.4 Å². The smallest absolute Gasteiger partial charge is 0.230 e. The predicted molar refractivity (Wildman–Crippen MR) is 96.2 cm³/mol. The Balaban J connectivity index is 2.09. The molecule has 1 N–H and O–H groups in total. The van der Waals surface area contributed by atoms with Crippen LogP contribution in [0.15, 0.2) is 29.4 Å². The van der Waals surface area contributed by atoms with Crippen molar-refractivity contribution < 1.29 is 9.53 Å². The summed E-state index contributed by atoms with van der Waals surface area (Å²) in [5.74, 6) is 1.76. The average Bonchev–Trinajstić information content (AvgIpc) is 2.93. The number of benzene rings is 1. The van der Waals surface area contributed by atoms with Crippen molar-refractivity contribution in [3.05, 3.63) is 24.3 Å². The van der Waals surface area contributed by atoms with Gasteiger partial charge in [-0.25, -0.2) is 0 Å². The fraction of sp³-hybridized carbons (Fsp3) is 0.471. The molecule has 0 aliphatic rings. The summed E-state index contributed by atoms with van der Waals surface area (Å²) < 4.78 is 7.25. The Morgan fingerprint density at radius 1 is 1.33 bits per heavy atom. The quantitative estimate of drug-likeness (QED) is 0.779. The zero-order chi connectivity index (χ0) is 17.7. The number of aromatic nitrogens is 3. The minimum atomic E-state index is -0.194. The molecule has 0 bridgehead atoms. The molecule has 0 fully saturated rings. The number of para-hydroxylation sites is 1. The molecule has 7 heteroatoms. The van der Waals surface area contributed by atoms with Crippen LogP contribution in [0.4, 0.5) is 0 Å². The molecule has 0 saturated heterocycles. The van der Waals surface area contributed by atoms with Gasteiger partial charge in [0.1, 0.15) is 5.75 Å². The van der Waals surface area contributed by atoms with Crippen LogP contribution in [0.1, 0.15) is 27.2 Å².